The number of carbonyl (C=O) groups excluding carboxylic acids is 1. The number of nitrogens with two attached hydrogens (primary N) is 1. The molecule has 1 amide bonds. The van der Waals surface area contributed by atoms with E-state index in [4.69, 9.17) is 10.5 Å². The maximum atomic E-state index is 12.5. The van der Waals surface area contributed by atoms with Gasteiger partial charge in [0.1, 0.15) is 11.6 Å². The Balaban J connectivity index is 1.37. The van der Waals surface area contributed by atoms with E-state index in [1.54, 1.807) is 7.11 Å². The van der Waals surface area contributed by atoms with Crippen molar-refractivity contribution >= 4 is 5.91 Å². The van der Waals surface area contributed by atoms with Crippen molar-refractivity contribution in [1.29, 1.82) is 0 Å². The summed E-state index contributed by atoms with van der Waals surface area (Å²) in [5.41, 5.74) is 7.12. The van der Waals surface area contributed by atoms with Gasteiger partial charge in [-0.05, 0) is 55.4 Å². The summed E-state index contributed by atoms with van der Waals surface area (Å²) in [6.45, 7) is 0.336. The monoisotopic (exact) mass is 341 g/mol. The number of fused-ring (bicyclic) bond motifs is 2. The van der Waals surface area contributed by atoms with Crippen LogP contribution in [0.15, 0.2) is 24.3 Å². The van der Waals surface area contributed by atoms with Crippen LogP contribution in [0.1, 0.15) is 25.1 Å². The first-order chi connectivity index (χ1) is 12.2. The minimum Gasteiger partial charge on any atom is -0.497 e. The third-order valence-corrected chi connectivity index (χ3v) is 5.59. The van der Waals surface area contributed by atoms with Crippen LogP contribution in [0.4, 0.5) is 0 Å². The second-order valence-electron chi connectivity index (χ2n) is 6.99. The van der Waals surface area contributed by atoms with Crippen LogP contribution in [-0.4, -0.2) is 34.2 Å². The summed E-state index contributed by atoms with van der Waals surface area (Å²) in [6.07, 6.45) is 3.40. The first kappa shape index (κ1) is 16.1. The number of aromatic nitrogens is 3. The van der Waals surface area contributed by atoms with Crippen LogP contribution in [0, 0.1) is 17.8 Å². The third kappa shape index (κ3) is 3.00. The first-order valence-electron chi connectivity index (χ1n) is 8.74. The first-order valence-corrected chi connectivity index (χ1v) is 8.74. The molecule has 25 heavy (non-hydrogen) atoms. The van der Waals surface area contributed by atoms with Crippen molar-refractivity contribution in [3.63, 3.8) is 0 Å². The lowest BCUT2D eigenvalue weighted by Crippen LogP contribution is -2.45. The molecule has 4 atom stereocenters. The zero-order chi connectivity index (χ0) is 17.4. The van der Waals surface area contributed by atoms with Gasteiger partial charge in [0, 0.05) is 11.6 Å². The van der Waals surface area contributed by atoms with Crippen molar-refractivity contribution < 1.29 is 9.53 Å². The number of amides is 1. The lowest BCUT2D eigenvalue weighted by molar-refractivity contribution is -0.127. The van der Waals surface area contributed by atoms with E-state index in [1.807, 2.05) is 24.3 Å². The molecule has 2 saturated carbocycles. The average Bonchev–Trinajstić information content (AvgIpc) is 3.36. The fourth-order valence-electron chi connectivity index (χ4n) is 4.26. The quantitative estimate of drug-likeness (QED) is 0.763. The van der Waals surface area contributed by atoms with E-state index in [-0.39, 0.29) is 17.9 Å². The second kappa shape index (κ2) is 6.48. The van der Waals surface area contributed by atoms with E-state index in [1.165, 1.54) is 6.42 Å². The number of ether oxygens (including phenoxy) is 1. The molecule has 0 radical (unpaired) electrons. The van der Waals surface area contributed by atoms with Gasteiger partial charge in [-0.3, -0.25) is 9.89 Å². The van der Waals surface area contributed by atoms with E-state index in [9.17, 15) is 4.79 Å². The van der Waals surface area contributed by atoms with Crippen LogP contribution in [0.25, 0.3) is 11.4 Å². The molecule has 0 spiro atoms. The summed E-state index contributed by atoms with van der Waals surface area (Å²) in [4.78, 5) is 16.9. The van der Waals surface area contributed by atoms with Crippen LogP contribution < -0.4 is 15.8 Å². The Bertz CT molecular complexity index is 755. The Morgan fingerprint density at radius 1 is 1.32 bits per heavy atom. The molecule has 0 aliphatic heterocycles. The van der Waals surface area contributed by atoms with Gasteiger partial charge in [0.2, 0.25) is 5.91 Å². The summed E-state index contributed by atoms with van der Waals surface area (Å²) in [7, 11) is 1.63. The van der Waals surface area contributed by atoms with Gasteiger partial charge < -0.3 is 15.8 Å². The molecule has 2 aliphatic rings. The fraction of sp³-hybridized carbons (Fsp3) is 0.500. The van der Waals surface area contributed by atoms with Crippen molar-refractivity contribution in [2.24, 2.45) is 23.5 Å². The second-order valence-corrected chi connectivity index (χ2v) is 6.99. The number of hydrogen-bond acceptors (Lipinski definition) is 5. The predicted molar refractivity (Wildman–Crippen MR) is 92.5 cm³/mol. The van der Waals surface area contributed by atoms with E-state index in [0.717, 1.165) is 24.2 Å². The molecular formula is C18H23N5O2. The highest BCUT2D eigenvalue weighted by Crippen LogP contribution is 2.47. The van der Waals surface area contributed by atoms with Crippen LogP contribution in [-0.2, 0) is 11.3 Å². The number of aromatic amines is 1. The number of carbonyl (C=O) groups is 1. The smallest absolute Gasteiger partial charge is 0.225 e. The van der Waals surface area contributed by atoms with E-state index in [0.29, 0.717) is 30.0 Å². The molecule has 4 unspecified atom stereocenters. The minimum atomic E-state index is -0.0530. The van der Waals surface area contributed by atoms with E-state index in [2.05, 4.69) is 20.5 Å². The molecule has 0 saturated heterocycles. The molecular weight excluding hydrogens is 318 g/mol. The Hall–Kier alpha value is -2.41. The predicted octanol–water partition coefficient (Wildman–Crippen LogP) is 1.47. The fourth-order valence-corrected chi connectivity index (χ4v) is 4.26. The Morgan fingerprint density at radius 3 is 2.76 bits per heavy atom. The minimum absolute atomic E-state index is 0.00309. The topological polar surface area (TPSA) is 106 Å². The molecule has 7 heteroatoms. The van der Waals surface area contributed by atoms with Crippen LogP contribution in [0.3, 0.4) is 0 Å². The van der Waals surface area contributed by atoms with Crippen molar-refractivity contribution in [2.45, 2.75) is 31.8 Å². The van der Waals surface area contributed by atoms with Gasteiger partial charge in [0.25, 0.3) is 0 Å². The highest BCUT2D eigenvalue weighted by Gasteiger charge is 2.48. The standard InChI is InChI=1S/C18H23N5O2/c1-25-13-6-4-10(5-7-13)17-21-14(22-23-17)9-20-18(24)15-11-2-3-12(8-11)16(15)19/h4-7,11-12,15-16H,2-3,8-9,19H2,1H3,(H,20,24)(H,21,22,23). The number of nitrogens with one attached hydrogen (secondary N) is 2. The van der Waals surface area contributed by atoms with Crippen molar-refractivity contribution in [2.75, 3.05) is 7.11 Å². The number of hydrogen-bond donors (Lipinski definition) is 3. The largest absolute Gasteiger partial charge is 0.497 e. The molecule has 1 aromatic heterocycles. The summed E-state index contributed by atoms with van der Waals surface area (Å²) in [6, 6.07) is 7.54. The van der Waals surface area contributed by atoms with Crippen LogP contribution >= 0.6 is 0 Å². The SMILES string of the molecule is COc1ccc(-c2n[nH]c(CNC(=O)C3C4CCC(C4)C3N)n2)cc1. The molecule has 4 rings (SSSR count). The average molecular weight is 341 g/mol. The lowest BCUT2D eigenvalue weighted by atomic mass is 9.84. The molecule has 132 valence electrons. The van der Waals surface area contributed by atoms with Gasteiger partial charge in [-0.2, -0.15) is 5.10 Å². The van der Waals surface area contributed by atoms with Crippen molar-refractivity contribution in [1.82, 2.24) is 20.5 Å². The molecule has 7 nitrogen and oxygen atoms in total. The van der Waals surface area contributed by atoms with Crippen molar-refractivity contribution in [3.8, 4) is 17.1 Å². The number of H-pyrrole nitrogens is 1. The zero-order valence-electron chi connectivity index (χ0n) is 14.2. The zero-order valence-corrected chi connectivity index (χ0v) is 14.2. The maximum absolute atomic E-state index is 12.5. The van der Waals surface area contributed by atoms with Gasteiger partial charge in [-0.25, -0.2) is 4.98 Å². The van der Waals surface area contributed by atoms with Gasteiger partial charge in [-0.15, -0.1) is 0 Å². The van der Waals surface area contributed by atoms with Gasteiger partial charge in [-0.1, -0.05) is 0 Å². The molecule has 1 aromatic carbocycles. The van der Waals surface area contributed by atoms with Gasteiger partial charge >= 0.3 is 0 Å². The van der Waals surface area contributed by atoms with Crippen LogP contribution in [0.5, 0.6) is 5.75 Å². The molecule has 2 bridgehead atoms. The normalized spacial score (nSPS) is 27.4. The van der Waals surface area contributed by atoms with E-state index < -0.39 is 0 Å². The third-order valence-electron chi connectivity index (χ3n) is 5.59. The molecule has 4 N–H and O–H groups in total. The maximum Gasteiger partial charge on any atom is 0.225 e. The summed E-state index contributed by atoms with van der Waals surface area (Å²) in [5, 5.41) is 10.1. The van der Waals surface area contributed by atoms with Crippen molar-refractivity contribution in [3.05, 3.63) is 30.1 Å². The Kier molecular flexibility index (Phi) is 4.17. The summed E-state index contributed by atoms with van der Waals surface area (Å²) in [5.74, 6) is 2.98. The molecule has 1 heterocycles. The number of nitrogens with zero attached hydrogens (tertiary/aromatic N) is 2. The number of methoxy groups -OCH3 is 1. The Morgan fingerprint density at radius 2 is 2.08 bits per heavy atom. The Labute approximate surface area is 146 Å². The summed E-state index contributed by atoms with van der Waals surface area (Å²) >= 11 is 0. The molecule has 2 fully saturated rings. The van der Waals surface area contributed by atoms with Crippen LogP contribution in [0.2, 0.25) is 0 Å². The van der Waals surface area contributed by atoms with E-state index >= 15 is 0 Å². The molecule has 2 aromatic rings. The van der Waals surface area contributed by atoms with Gasteiger partial charge in [0.05, 0.1) is 19.6 Å². The highest BCUT2D eigenvalue weighted by molar-refractivity contribution is 5.80. The highest BCUT2D eigenvalue weighted by atomic mass is 16.5. The molecule has 2 aliphatic carbocycles. The summed E-state index contributed by atoms with van der Waals surface area (Å²) < 4.78 is 5.15. The number of benzene rings is 1. The number of rotatable bonds is 5. The lowest BCUT2D eigenvalue weighted by Gasteiger charge is -2.26. The van der Waals surface area contributed by atoms with Gasteiger partial charge in [0.15, 0.2) is 5.82 Å².